The molecule has 0 spiro atoms. The van der Waals surface area contributed by atoms with E-state index in [1.807, 2.05) is 0 Å². The first-order valence-electron chi connectivity index (χ1n) is 34.2. The fourth-order valence-corrected chi connectivity index (χ4v) is 9.24. The van der Waals surface area contributed by atoms with E-state index in [4.69, 9.17) is 14.2 Å². The van der Waals surface area contributed by atoms with Crippen molar-refractivity contribution in [2.24, 2.45) is 0 Å². The van der Waals surface area contributed by atoms with E-state index >= 15 is 0 Å². The molecule has 0 aromatic heterocycles. The molecule has 0 aliphatic carbocycles. The van der Waals surface area contributed by atoms with Crippen molar-refractivity contribution in [1.29, 1.82) is 0 Å². The molecule has 0 aromatic carbocycles. The Kier molecular flexibility index (Phi) is 65.3. The summed E-state index contributed by atoms with van der Waals surface area (Å²) in [4.78, 5) is 38.4. The van der Waals surface area contributed by atoms with Crippen LogP contribution < -0.4 is 0 Å². The van der Waals surface area contributed by atoms with Crippen molar-refractivity contribution < 1.29 is 28.6 Å². The molecule has 1 atom stereocenters. The van der Waals surface area contributed by atoms with Gasteiger partial charge in [0.15, 0.2) is 6.10 Å². The minimum atomic E-state index is -0.805. The van der Waals surface area contributed by atoms with E-state index in [1.54, 1.807) is 0 Å². The first-order chi connectivity index (χ1) is 40.5. The second kappa shape index (κ2) is 69.0. The topological polar surface area (TPSA) is 78.9 Å². The van der Waals surface area contributed by atoms with Gasteiger partial charge >= 0.3 is 17.9 Å². The number of carbonyl (C=O) groups excluding carboxylic acids is 3. The molecule has 0 radical (unpaired) electrons. The van der Waals surface area contributed by atoms with Crippen molar-refractivity contribution in [3.63, 3.8) is 0 Å². The molecule has 0 saturated heterocycles. The van der Waals surface area contributed by atoms with E-state index in [-0.39, 0.29) is 31.1 Å². The molecule has 6 nitrogen and oxygen atoms in total. The number of unbranched alkanes of at least 4 members (excludes halogenated alkanes) is 28. The van der Waals surface area contributed by atoms with Crippen LogP contribution in [0.1, 0.15) is 310 Å². The Morgan fingerprint density at radius 1 is 0.256 bits per heavy atom. The molecule has 0 heterocycles. The Hall–Kier alpha value is -4.45. The van der Waals surface area contributed by atoms with Crippen LogP contribution in [-0.4, -0.2) is 37.2 Å². The summed E-state index contributed by atoms with van der Waals surface area (Å²) in [7, 11) is 0. The van der Waals surface area contributed by atoms with Gasteiger partial charge in [-0.15, -0.1) is 0 Å². The summed E-state index contributed by atoms with van der Waals surface area (Å²) in [5.74, 6) is -0.934. The SMILES string of the molecule is CC/C=C\C/C=C\C/C=C\C/C=C\C/C=C\C/C=C\CCCCCCC(=O)OC(COC(=O)CCCCCCC/C=C\C/C=C\CCCC)COC(=O)CCCCCCCCCCCCCC/C=C\C/C=C\C/C=C\CCCCCCC. The van der Waals surface area contributed by atoms with Crippen LogP contribution in [0, 0.1) is 0 Å². The summed E-state index contributed by atoms with van der Waals surface area (Å²) in [6.07, 6.45) is 97.5. The van der Waals surface area contributed by atoms with Crippen molar-refractivity contribution in [2.45, 2.75) is 316 Å². The average molecular weight is 1140 g/mol. The zero-order chi connectivity index (χ0) is 59.2. The van der Waals surface area contributed by atoms with E-state index < -0.39 is 6.10 Å². The van der Waals surface area contributed by atoms with Crippen LogP contribution in [-0.2, 0) is 28.6 Å². The lowest BCUT2D eigenvalue weighted by Gasteiger charge is -2.18. The van der Waals surface area contributed by atoms with Gasteiger partial charge in [-0.05, 0) is 135 Å². The van der Waals surface area contributed by atoms with Crippen LogP contribution in [0.4, 0.5) is 0 Å². The van der Waals surface area contributed by atoms with E-state index in [1.165, 1.54) is 122 Å². The van der Waals surface area contributed by atoms with Gasteiger partial charge in [0.2, 0.25) is 0 Å². The quantitative estimate of drug-likeness (QED) is 0.0261. The summed E-state index contributed by atoms with van der Waals surface area (Å²) in [5, 5.41) is 0. The molecule has 82 heavy (non-hydrogen) atoms. The number of hydrogen-bond donors (Lipinski definition) is 0. The Morgan fingerprint density at radius 2 is 0.488 bits per heavy atom. The molecule has 6 heteroatoms. The van der Waals surface area contributed by atoms with E-state index in [0.29, 0.717) is 19.3 Å². The number of allylic oxidation sites excluding steroid dienone is 22. The number of carbonyl (C=O) groups is 3. The summed E-state index contributed by atoms with van der Waals surface area (Å²) < 4.78 is 16.9. The van der Waals surface area contributed by atoms with E-state index in [2.05, 4.69) is 154 Å². The molecule has 0 rings (SSSR count). The highest BCUT2D eigenvalue weighted by atomic mass is 16.6. The van der Waals surface area contributed by atoms with Crippen LogP contribution in [0.5, 0.6) is 0 Å². The highest BCUT2D eigenvalue weighted by Crippen LogP contribution is 2.16. The van der Waals surface area contributed by atoms with Gasteiger partial charge in [0, 0.05) is 19.3 Å². The maximum atomic E-state index is 12.9. The molecule has 0 bridgehead atoms. The molecule has 0 saturated carbocycles. The highest BCUT2D eigenvalue weighted by Gasteiger charge is 2.19. The lowest BCUT2D eigenvalue weighted by atomic mass is 10.0. The van der Waals surface area contributed by atoms with Crippen LogP contribution in [0.25, 0.3) is 0 Å². The monoisotopic (exact) mass is 1130 g/mol. The first-order valence-corrected chi connectivity index (χ1v) is 34.2. The zero-order valence-electron chi connectivity index (χ0n) is 53.5. The fourth-order valence-electron chi connectivity index (χ4n) is 9.24. The van der Waals surface area contributed by atoms with Gasteiger partial charge in [-0.25, -0.2) is 0 Å². The fraction of sp³-hybridized carbons (Fsp3) is 0.671. The normalized spacial score (nSPS) is 13.0. The van der Waals surface area contributed by atoms with Gasteiger partial charge in [-0.3, -0.25) is 14.4 Å². The molecular formula is C76H126O6. The Bertz CT molecular complexity index is 1730. The molecule has 0 aliphatic rings. The number of hydrogen-bond acceptors (Lipinski definition) is 6. The van der Waals surface area contributed by atoms with Crippen molar-refractivity contribution in [3.8, 4) is 0 Å². The van der Waals surface area contributed by atoms with Crippen LogP contribution in [0.2, 0.25) is 0 Å². The second-order valence-corrected chi connectivity index (χ2v) is 22.3. The average Bonchev–Trinajstić information content (AvgIpc) is 3.47. The summed E-state index contributed by atoms with van der Waals surface area (Å²) in [5.41, 5.74) is 0. The van der Waals surface area contributed by atoms with Crippen molar-refractivity contribution >= 4 is 17.9 Å². The van der Waals surface area contributed by atoms with Crippen LogP contribution in [0.3, 0.4) is 0 Å². The molecule has 0 fully saturated rings. The van der Waals surface area contributed by atoms with Crippen molar-refractivity contribution in [2.75, 3.05) is 13.2 Å². The molecule has 0 amide bonds. The summed E-state index contributed by atoms with van der Waals surface area (Å²) >= 11 is 0. The number of rotatable bonds is 61. The molecule has 0 aliphatic heterocycles. The highest BCUT2D eigenvalue weighted by molar-refractivity contribution is 5.71. The summed E-state index contributed by atoms with van der Waals surface area (Å²) in [6, 6.07) is 0. The first kappa shape index (κ1) is 77.5. The summed E-state index contributed by atoms with van der Waals surface area (Å²) in [6.45, 7) is 6.46. The molecule has 466 valence electrons. The van der Waals surface area contributed by atoms with E-state index in [0.717, 1.165) is 148 Å². The Balaban J connectivity index is 4.39. The maximum absolute atomic E-state index is 12.9. The predicted molar refractivity (Wildman–Crippen MR) is 357 cm³/mol. The molecular weight excluding hydrogens is 1010 g/mol. The third-order valence-corrected chi connectivity index (χ3v) is 14.4. The number of esters is 3. The van der Waals surface area contributed by atoms with Crippen LogP contribution >= 0.6 is 0 Å². The van der Waals surface area contributed by atoms with Gasteiger partial charge in [0.1, 0.15) is 13.2 Å². The molecule has 1 unspecified atom stereocenters. The molecule has 0 aromatic rings. The molecule has 0 N–H and O–H groups in total. The van der Waals surface area contributed by atoms with E-state index in [9.17, 15) is 14.4 Å². The third kappa shape index (κ3) is 66.4. The van der Waals surface area contributed by atoms with Gasteiger partial charge in [-0.2, -0.15) is 0 Å². The van der Waals surface area contributed by atoms with Gasteiger partial charge < -0.3 is 14.2 Å². The smallest absolute Gasteiger partial charge is 0.306 e. The lowest BCUT2D eigenvalue weighted by molar-refractivity contribution is -0.167. The van der Waals surface area contributed by atoms with Gasteiger partial charge in [0.05, 0.1) is 0 Å². The minimum absolute atomic E-state index is 0.0971. The van der Waals surface area contributed by atoms with Crippen LogP contribution in [0.15, 0.2) is 134 Å². The number of ether oxygens (including phenoxy) is 3. The predicted octanol–water partition coefficient (Wildman–Crippen LogP) is 23.7. The standard InChI is InChI=1S/C76H126O6/c1-4-7-10-13-16-19-22-25-28-30-32-34-36-37-38-39-41-42-44-46-48-51-54-57-60-63-66-69-75(78)81-72-73(71-80-74(77)68-65-62-59-56-53-50-27-24-21-18-15-12-9-6-3)82-76(79)70-67-64-61-58-55-52-49-47-45-43-40-35-33-31-29-26-23-20-17-14-11-8-5-2/h8,11,15,17-18,20,22,24-27,29-30,32-33,35-37,43,45,49,52,73H,4-7,9-10,12-14,16,19,21,23,28,31,34,38-42,44,46-48,50-51,53-72H2,1-3H3/b11-8-,18-15-,20-17-,25-22-,27-24-,29-26-,32-30-,35-33-,37-36-,45-43-,52-49-. The zero-order valence-corrected chi connectivity index (χ0v) is 53.5. The Labute approximate surface area is 506 Å². The van der Waals surface area contributed by atoms with Gasteiger partial charge in [0.25, 0.3) is 0 Å². The second-order valence-electron chi connectivity index (χ2n) is 22.3. The maximum Gasteiger partial charge on any atom is 0.306 e. The minimum Gasteiger partial charge on any atom is -0.462 e. The largest absolute Gasteiger partial charge is 0.462 e. The lowest BCUT2D eigenvalue weighted by Crippen LogP contribution is -2.30. The van der Waals surface area contributed by atoms with Crippen molar-refractivity contribution in [1.82, 2.24) is 0 Å². The third-order valence-electron chi connectivity index (χ3n) is 14.4. The Morgan fingerprint density at radius 3 is 0.780 bits per heavy atom. The van der Waals surface area contributed by atoms with Gasteiger partial charge in [-0.1, -0.05) is 289 Å². The van der Waals surface area contributed by atoms with Crippen molar-refractivity contribution in [3.05, 3.63) is 134 Å².